The van der Waals surface area contributed by atoms with Gasteiger partial charge in [0.05, 0.1) is 11.7 Å². The van der Waals surface area contributed by atoms with E-state index in [1.54, 1.807) is 0 Å². The molecule has 42 heavy (non-hydrogen) atoms. The lowest BCUT2D eigenvalue weighted by Crippen LogP contribution is -2.58. The molecule has 9 unspecified atom stereocenters. The molecule has 4 N–H and O–H groups in total. The van der Waals surface area contributed by atoms with Crippen molar-refractivity contribution in [1.29, 1.82) is 0 Å². The maximum absolute atomic E-state index is 12.0. The van der Waals surface area contributed by atoms with Crippen molar-refractivity contribution in [2.24, 2.45) is 57.7 Å². The van der Waals surface area contributed by atoms with E-state index in [0.717, 1.165) is 32.1 Å². The summed E-state index contributed by atoms with van der Waals surface area (Å²) >= 11 is 0. The molecule has 5 aliphatic carbocycles. The highest BCUT2D eigenvalue weighted by Crippen LogP contribution is 2.69. The number of hydrogen-bond acceptors (Lipinski definition) is 8. The van der Waals surface area contributed by atoms with Crippen LogP contribution in [0, 0.1) is 57.7 Å². The van der Waals surface area contributed by atoms with E-state index < -0.39 is 50.1 Å². The number of rotatable bonds is 9. The molecule has 5 fully saturated rings. The van der Waals surface area contributed by atoms with E-state index in [0.29, 0.717) is 24.7 Å². The molecule has 12 heteroatoms. The lowest BCUT2D eigenvalue weighted by molar-refractivity contribution is -0.164. The van der Waals surface area contributed by atoms with E-state index in [1.165, 1.54) is 6.42 Å². The molecule has 0 aromatic heterocycles. The zero-order valence-corrected chi connectivity index (χ0v) is 27.5. The maximum atomic E-state index is 12.0. The summed E-state index contributed by atoms with van der Waals surface area (Å²) in [7, 11) is -9.76. The van der Waals surface area contributed by atoms with Crippen LogP contribution in [0.1, 0.15) is 106 Å². The standard InChI is InChI=1S/C30H52O10S2/c1-17(2)30(15-18(30)3)12-11-29(6,32)26-23(31)14-22-20-8-7-19-13-24(39-41(33,34)35)25(40-42(36,37)38)16-28(19,5)21(20)9-10-27(22,26)4/h17-26,31-32H,7-16H2,1-6H3,(H,33,34,35)(H,36,37,38)/t18?,19?,20?,21?,22?,23?,24?,25?,26-,27+,28+,29?,30+/m1/s1. The largest absolute Gasteiger partial charge is 0.397 e. The summed E-state index contributed by atoms with van der Waals surface area (Å²) in [5, 5.41) is 23.6. The van der Waals surface area contributed by atoms with Crippen LogP contribution in [0.5, 0.6) is 0 Å². The third kappa shape index (κ3) is 5.74. The first-order valence-corrected chi connectivity index (χ1v) is 18.6. The van der Waals surface area contributed by atoms with Crippen LogP contribution in [-0.4, -0.2) is 60.1 Å². The van der Waals surface area contributed by atoms with E-state index in [4.69, 9.17) is 8.37 Å². The van der Waals surface area contributed by atoms with Gasteiger partial charge in [-0.2, -0.15) is 16.8 Å². The lowest BCUT2D eigenvalue weighted by atomic mass is 9.44. The number of fused-ring (bicyclic) bond motifs is 5. The fraction of sp³-hybridized carbons (Fsp3) is 1.00. The molecule has 0 spiro atoms. The molecule has 0 amide bonds. The van der Waals surface area contributed by atoms with E-state index in [9.17, 15) is 36.2 Å². The fourth-order valence-corrected chi connectivity index (χ4v) is 12.5. The Bertz CT molecular complexity index is 1250. The Morgan fingerprint density at radius 1 is 0.905 bits per heavy atom. The summed E-state index contributed by atoms with van der Waals surface area (Å²) in [6.45, 7) is 13.1. The Hall–Kier alpha value is -0.340. The summed E-state index contributed by atoms with van der Waals surface area (Å²) in [5.41, 5.74) is -1.39. The minimum Gasteiger partial charge on any atom is -0.393 e. The van der Waals surface area contributed by atoms with Crippen LogP contribution in [0.4, 0.5) is 0 Å². The minimum absolute atomic E-state index is 0.00842. The van der Waals surface area contributed by atoms with Crippen LogP contribution in [0.15, 0.2) is 0 Å². The Labute approximate surface area is 252 Å². The molecular weight excluding hydrogens is 584 g/mol. The highest BCUT2D eigenvalue weighted by atomic mass is 32.3. The van der Waals surface area contributed by atoms with Gasteiger partial charge in [0.1, 0.15) is 12.2 Å². The van der Waals surface area contributed by atoms with Crippen LogP contribution in [-0.2, 0) is 29.2 Å². The Morgan fingerprint density at radius 2 is 1.50 bits per heavy atom. The topological polar surface area (TPSA) is 168 Å². The molecular formula is C30H52O10S2. The molecule has 0 aromatic carbocycles. The first-order chi connectivity index (χ1) is 19.1. The third-order valence-electron chi connectivity index (χ3n) is 13.6. The molecule has 0 aliphatic heterocycles. The average Bonchev–Trinajstić information content (AvgIpc) is 3.40. The van der Waals surface area contributed by atoms with Crippen LogP contribution >= 0.6 is 0 Å². The second-order valence-electron chi connectivity index (χ2n) is 15.9. The highest BCUT2D eigenvalue weighted by molar-refractivity contribution is 7.81. The quantitative estimate of drug-likeness (QED) is 0.258. The van der Waals surface area contributed by atoms with Crippen molar-refractivity contribution in [2.75, 3.05) is 0 Å². The number of aliphatic hydroxyl groups is 2. The Morgan fingerprint density at radius 3 is 2.05 bits per heavy atom. The summed E-state index contributed by atoms with van der Waals surface area (Å²) < 4.78 is 75.1. The maximum Gasteiger partial charge on any atom is 0.397 e. The smallest absolute Gasteiger partial charge is 0.393 e. The van der Waals surface area contributed by atoms with Gasteiger partial charge in [0.15, 0.2) is 0 Å². The van der Waals surface area contributed by atoms with Crippen LogP contribution < -0.4 is 0 Å². The summed E-state index contributed by atoms with van der Waals surface area (Å²) in [6, 6.07) is 0. The predicted molar refractivity (Wildman–Crippen MR) is 156 cm³/mol. The Kier molecular flexibility index (Phi) is 8.34. The van der Waals surface area contributed by atoms with E-state index in [-0.39, 0.29) is 53.3 Å². The van der Waals surface area contributed by atoms with Crippen molar-refractivity contribution in [1.82, 2.24) is 0 Å². The summed E-state index contributed by atoms with van der Waals surface area (Å²) in [6.07, 6.45) is 3.94. The summed E-state index contributed by atoms with van der Waals surface area (Å²) in [5.74, 6) is 1.58. The van der Waals surface area contributed by atoms with Crippen molar-refractivity contribution in [3.05, 3.63) is 0 Å². The van der Waals surface area contributed by atoms with Gasteiger partial charge < -0.3 is 10.2 Å². The Balaban J connectivity index is 1.37. The third-order valence-corrected chi connectivity index (χ3v) is 14.6. The molecule has 0 aromatic rings. The van der Waals surface area contributed by atoms with Crippen LogP contribution in [0.3, 0.4) is 0 Å². The van der Waals surface area contributed by atoms with Gasteiger partial charge in [0.2, 0.25) is 0 Å². The van der Waals surface area contributed by atoms with Crippen molar-refractivity contribution in [3.8, 4) is 0 Å². The monoisotopic (exact) mass is 636 g/mol. The van der Waals surface area contributed by atoms with Crippen molar-refractivity contribution in [2.45, 2.75) is 130 Å². The molecule has 5 saturated carbocycles. The molecule has 5 aliphatic rings. The molecule has 0 bridgehead atoms. The van der Waals surface area contributed by atoms with Gasteiger partial charge in [-0.25, -0.2) is 8.37 Å². The molecule has 13 atom stereocenters. The van der Waals surface area contributed by atoms with E-state index in [2.05, 4.69) is 34.6 Å². The molecule has 244 valence electrons. The van der Waals surface area contributed by atoms with Crippen molar-refractivity contribution >= 4 is 20.8 Å². The molecule has 0 heterocycles. The number of aliphatic hydroxyl groups excluding tert-OH is 1. The predicted octanol–water partition coefficient (Wildman–Crippen LogP) is 4.82. The minimum atomic E-state index is -4.90. The van der Waals surface area contributed by atoms with Gasteiger partial charge in [0.25, 0.3) is 0 Å². The zero-order chi connectivity index (χ0) is 31.3. The van der Waals surface area contributed by atoms with Gasteiger partial charge >= 0.3 is 20.8 Å². The van der Waals surface area contributed by atoms with Gasteiger partial charge in [0, 0.05) is 5.92 Å². The fourth-order valence-electron chi connectivity index (χ4n) is 11.5. The van der Waals surface area contributed by atoms with Crippen molar-refractivity contribution in [3.63, 3.8) is 0 Å². The van der Waals surface area contributed by atoms with Crippen LogP contribution in [0.2, 0.25) is 0 Å². The molecule has 5 rings (SSSR count). The highest BCUT2D eigenvalue weighted by Gasteiger charge is 2.66. The first kappa shape index (κ1) is 33.0. The van der Waals surface area contributed by atoms with Gasteiger partial charge in [-0.15, -0.1) is 0 Å². The van der Waals surface area contributed by atoms with E-state index >= 15 is 0 Å². The molecule has 0 saturated heterocycles. The average molecular weight is 637 g/mol. The lowest BCUT2D eigenvalue weighted by Gasteiger charge is -2.62. The molecule has 0 radical (unpaired) electrons. The second kappa shape index (κ2) is 10.6. The first-order valence-electron chi connectivity index (χ1n) is 15.8. The van der Waals surface area contributed by atoms with Gasteiger partial charge in [-0.1, -0.05) is 34.6 Å². The zero-order valence-electron chi connectivity index (χ0n) is 25.9. The summed E-state index contributed by atoms with van der Waals surface area (Å²) in [4.78, 5) is 0. The molecule has 10 nitrogen and oxygen atoms in total. The van der Waals surface area contributed by atoms with Crippen molar-refractivity contribution < 1.29 is 44.5 Å². The number of hydrogen-bond donors (Lipinski definition) is 4. The second-order valence-corrected chi connectivity index (χ2v) is 18.0. The SMILES string of the molecule is CC(C)[C@]1(CCC(C)(O)[C@@H]2C(O)CC3C4CCC5CC(OS(=O)(=O)O)C(OS(=O)(=O)O)C[C@]5(C)C4CC[C@@]32C)CC1C. The van der Waals surface area contributed by atoms with Gasteiger partial charge in [-0.05, 0) is 123 Å². The normalized spacial score (nSPS) is 48.7. The van der Waals surface area contributed by atoms with Crippen LogP contribution in [0.25, 0.3) is 0 Å². The van der Waals surface area contributed by atoms with Gasteiger partial charge in [-0.3, -0.25) is 9.11 Å². The van der Waals surface area contributed by atoms with E-state index in [1.807, 2.05) is 6.92 Å².